The number of carbonyl (C=O) groups excluding carboxylic acids is 1. The number of carbonyl (C=O) groups is 1. The number of nitrogens with zero attached hydrogens (tertiary/aromatic N) is 2. The van der Waals surface area contributed by atoms with E-state index >= 15 is 0 Å². The third kappa shape index (κ3) is 4.16. The number of fused-ring (bicyclic) bond motifs is 1. The second kappa shape index (κ2) is 8.59. The first kappa shape index (κ1) is 20.0. The predicted octanol–water partition coefficient (Wildman–Crippen LogP) is 4.07. The van der Waals surface area contributed by atoms with Crippen LogP contribution in [-0.2, 0) is 11.3 Å². The largest absolute Gasteiger partial charge is 0.486 e. The summed E-state index contributed by atoms with van der Waals surface area (Å²) in [5.41, 5.74) is 2.73. The lowest BCUT2D eigenvalue weighted by Crippen LogP contribution is -2.22. The molecule has 0 saturated carbocycles. The van der Waals surface area contributed by atoms with E-state index in [0.29, 0.717) is 53.4 Å². The molecule has 1 amide bonds. The van der Waals surface area contributed by atoms with Crippen LogP contribution in [0, 0.1) is 12.7 Å². The maximum absolute atomic E-state index is 13.2. The molecule has 1 aromatic heterocycles. The topological polar surface area (TPSA) is 65.4 Å². The monoisotopic (exact) mass is 427 g/mol. The molecule has 8 heteroatoms. The van der Waals surface area contributed by atoms with Crippen molar-refractivity contribution in [2.75, 3.05) is 13.2 Å². The number of ether oxygens (including phenoxy) is 2. The number of halogens is 2. The molecule has 0 unspecified atom stereocenters. The Balaban J connectivity index is 1.45. The molecular weight excluding hydrogens is 409 g/mol. The van der Waals surface area contributed by atoms with E-state index in [9.17, 15) is 9.18 Å². The van der Waals surface area contributed by atoms with Crippen LogP contribution in [0.3, 0.4) is 0 Å². The quantitative estimate of drug-likeness (QED) is 0.623. The van der Waals surface area contributed by atoms with Crippen LogP contribution in [0.2, 0.25) is 5.15 Å². The fraction of sp³-hybridized carbons (Fsp3) is 0.182. The van der Waals surface area contributed by atoms with Gasteiger partial charge >= 0.3 is 0 Å². The molecule has 0 atom stereocenters. The van der Waals surface area contributed by atoms with Gasteiger partial charge in [0.25, 0.3) is 0 Å². The van der Waals surface area contributed by atoms with E-state index in [1.807, 2.05) is 18.2 Å². The Bertz CT molecular complexity index is 1110. The van der Waals surface area contributed by atoms with Crippen molar-refractivity contribution in [3.05, 3.63) is 76.3 Å². The first-order valence-electron chi connectivity index (χ1n) is 9.37. The second-order valence-electron chi connectivity index (χ2n) is 6.67. The Morgan fingerprint density at radius 1 is 1.23 bits per heavy atom. The van der Waals surface area contributed by atoms with Gasteiger partial charge in [-0.05, 0) is 43.3 Å². The van der Waals surface area contributed by atoms with E-state index in [4.69, 9.17) is 21.1 Å². The molecule has 0 spiro atoms. The number of hydrogen-bond acceptors (Lipinski definition) is 4. The van der Waals surface area contributed by atoms with E-state index < -0.39 is 0 Å². The molecular formula is C22H19ClFN3O3. The Morgan fingerprint density at radius 2 is 2.00 bits per heavy atom. The first-order valence-corrected chi connectivity index (χ1v) is 9.75. The number of benzene rings is 2. The van der Waals surface area contributed by atoms with Crippen LogP contribution in [0.4, 0.5) is 4.39 Å². The van der Waals surface area contributed by atoms with E-state index in [1.54, 1.807) is 25.1 Å². The van der Waals surface area contributed by atoms with Crippen molar-refractivity contribution in [2.24, 2.45) is 0 Å². The smallest absolute Gasteiger partial charge is 0.244 e. The SMILES string of the molecule is Cc1nn(-c2ccc(F)cc2)c(Cl)c1/C=C/C(=O)NCc1cccc2c1OCCO2. The average molecular weight is 428 g/mol. The van der Waals surface area contributed by atoms with Gasteiger partial charge in [-0.3, -0.25) is 4.79 Å². The van der Waals surface area contributed by atoms with Gasteiger partial charge in [0.2, 0.25) is 5.91 Å². The Kier molecular flexibility index (Phi) is 5.72. The van der Waals surface area contributed by atoms with Crippen LogP contribution in [0.25, 0.3) is 11.8 Å². The first-order chi connectivity index (χ1) is 14.5. The van der Waals surface area contributed by atoms with E-state index in [-0.39, 0.29) is 11.7 Å². The maximum atomic E-state index is 13.2. The summed E-state index contributed by atoms with van der Waals surface area (Å²) >= 11 is 6.43. The molecule has 0 bridgehead atoms. The van der Waals surface area contributed by atoms with Crippen LogP contribution < -0.4 is 14.8 Å². The third-order valence-corrected chi connectivity index (χ3v) is 4.99. The second-order valence-corrected chi connectivity index (χ2v) is 7.03. The minimum Gasteiger partial charge on any atom is -0.486 e. The molecule has 2 aromatic carbocycles. The van der Waals surface area contributed by atoms with E-state index in [1.165, 1.54) is 22.9 Å². The van der Waals surface area contributed by atoms with Crippen molar-refractivity contribution < 1.29 is 18.7 Å². The third-order valence-electron chi connectivity index (χ3n) is 4.62. The summed E-state index contributed by atoms with van der Waals surface area (Å²) in [5.74, 6) is 0.716. The van der Waals surface area contributed by atoms with Crippen LogP contribution in [0.5, 0.6) is 11.5 Å². The van der Waals surface area contributed by atoms with Gasteiger partial charge in [0.05, 0.1) is 11.4 Å². The number of para-hydroxylation sites is 1. The lowest BCUT2D eigenvalue weighted by molar-refractivity contribution is -0.116. The molecule has 6 nitrogen and oxygen atoms in total. The fourth-order valence-corrected chi connectivity index (χ4v) is 3.46. The number of amides is 1. The molecule has 0 saturated heterocycles. The number of nitrogens with one attached hydrogen (secondary N) is 1. The van der Waals surface area contributed by atoms with Gasteiger partial charge in [0, 0.05) is 23.7 Å². The highest BCUT2D eigenvalue weighted by atomic mass is 35.5. The van der Waals surface area contributed by atoms with Crippen molar-refractivity contribution in [3.8, 4) is 17.2 Å². The summed E-state index contributed by atoms with van der Waals surface area (Å²) < 4.78 is 25.9. The van der Waals surface area contributed by atoms with Gasteiger partial charge in [-0.15, -0.1) is 0 Å². The highest BCUT2D eigenvalue weighted by Gasteiger charge is 2.16. The molecule has 3 aromatic rings. The van der Waals surface area contributed by atoms with Gasteiger partial charge in [-0.1, -0.05) is 23.7 Å². The summed E-state index contributed by atoms with van der Waals surface area (Å²) in [5, 5.41) is 7.55. The number of aryl methyl sites for hydroxylation is 1. The van der Waals surface area contributed by atoms with Crippen LogP contribution in [-0.4, -0.2) is 28.9 Å². The van der Waals surface area contributed by atoms with Crippen LogP contribution in [0.15, 0.2) is 48.5 Å². The zero-order valence-corrected chi connectivity index (χ0v) is 16.9. The number of rotatable bonds is 5. The van der Waals surface area contributed by atoms with Crippen molar-refractivity contribution in [1.29, 1.82) is 0 Å². The summed E-state index contributed by atoms with van der Waals surface area (Å²) in [6.07, 6.45) is 3.01. The Morgan fingerprint density at radius 3 is 2.80 bits per heavy atom. The molecule has 154 valence electrons. The van der Waals surface area contributed by atoms with Gasteiger partial charge < -0.3 is 14.8 Å². The summed E-state index contributed by atoms with van der Waals surface area (Å²) in [6.45, 7) is 3.08. The van der Waals surface area contributed by atoms with Gasteiger partial charge in [0.1, 0.15) is 24.2 Å². The van der Waals surface area contributed by atoms with Crippen LogP contribution in [0.1, 0.15) is 16.8 Å². The van der Waals surface area contributed by atoms with Gasteiger partial charge in [-0.25, -0.2) is 9.07 Å². The molecule has 0 aliphatic carbocycles. The van der Waals surface area contributed by atoms with E-state index in [2.05, 4.69) is 10.4 Å². The lowest BCUT2D eigenvalue weighted by Gasteiger charge is -2.20. The molecule has 1 aliphatic rings. The standard InChI is InChI=1S/C22H19ClFN3O3/c1-14-18(22(23)27(26-14)17-7-5-16(24)6-8-17)9-10-20(28)25-13-15-3-2-4-19-21(15)30-12-11-29-19/h2-10H,11-13H2,1H3,(H,25,28)/b10-9+. The molecule has 2 heterocycles. The number of hydrogen-bond donors (Lipinski definition) is 1. The summed E-state index contributed by atoms with van der Waals surface area (Å²) in [6, 6.07) is 11.4. The average Bonchev–Trinajstić information content (AvgIpc) is 3.04. The highest BCUT2D eigenvalue weighted by Crippen LogP contribution is 2.33. The minimum absolute atomic E-state index is 0.283. The van der Waals surface area contributed by atoms with Crippen molar-refractivity contribution in [3.63, 3.8) is 0 Å². The molecule has 0 radical (unpaired) electrons. The molecule has 1 aliphatic heterocycles. The normalized spacial score (nSPS) is 12.9. The molecule has 30 heavy (non-hydrogen) atoms. The van der Waals surface area contributed by atoms with Crippen molar-refractivity contribution in [2.45, 2.75) is 13.5 Å². The fourth-order valence-electron chi connectivity index (χ4n) is 3.13. The molecule has 0 fully saturated rings. The van der Waals surface area contributed by atoms with Gasteiger partial charge in [-0.2, -0.15) is 5.10 Å². The zero-order chi connectivity index (χ0) is 21.1. The van der Waals surface area contributed by atoms with Crippen molar-refractivity contribution in [1.82, 2.24) is 15.1 Å². The highest BCUT2D eigenvalue weighted by molar-refractivity contribution is 6.31. The number of aromatic nitrogens is 2. The molecule has 4 rings (SSSR count). The maximum Gasteiger partial charge on any atom is 0.244 e. The summed E-state index contributed by atoms with van der Waals surface area (Å²) in [4.78, 5) is 12.3. The van der Waals surface area contributed by atoms with E-state index in [0.717, 1.165) is 5.56 Å². The lowest BCUT2D eigenvalue weighted by atomic mass is 10.1. The van der Waals surface area contributed by atoms with Crippen molar-refractivity contribution >= 4 is 23.6 Å². The Hall–Kier alpha value is -3.32. The predicted molar refractivity (Wildman–Crippen MR) is 112 cm³/mol. The van der Waals surface area contributed by atoms with Gasteiger partial charge in [0.15, 0.2) is 11.5 Å². The molecule has 1 N–H and O–H groups in total. The minimum atomic E-state index is -0.341. The zero-order valence-electron chi connectivity index (χ0n) is 16.2. The van der Waals surface area contributed by atoms with Crippen LogP contribution >= 0.6 is 11.6 Å². The Labute approximate surface area is 177 Å². The summed E-state index contributed by atoms with van der Waals surface area (Å²) in [7, 11) is 0.